The van der Waals surface area contributed by atoms with Gasteiger partial charge in [-0.2, -0.15) is 0 Å². The van der Waals surface area contributed by atoms with Gasteiger partial charge >= 0.3 is 5.97 Å². The number of unbranched alkanes of at least 4 members (excludes halogenated alkanes) is 5. The van der Waals surface area contributed by atoms with Gasteiger partial charge in [0.2, 0.25) is 0 Å². The van der Waals surface area contributed by atoms with E-state index in [1.807, 2.05) is 0 Å². The lowest BCUT2D eigenvalue weighted by molar-refractivity contribution is -0.151. The number of carbonyl (C=O) groups is 1. The predicted octanol–water partition coefficient (Wildman–Crippen LogP) is 12.2. The Morgan fingerprint density at radius 2 is 1.64 bits per heavy atom. The summed E-state index contributed by atoms with van der Waals surface area (Å²) in [5, 5.41) is 1.03. The first-order valence-electron chi connectivity index (χ1n) is 18.2. The van der Waals surface area contributed by atoms with Crippen LogP contribution in [0, 0.1) is 46.3 Å². The lowest BCUT2D eigenvalue weighted by Gasteiger charge is -2.58. The molecule has 2 nitrogen and oxygen atoms in total. The molecule has 0 N–H and O–H groups in total. The fourth-order valence-corrected chi connectivity index (χ4v) is 11.1. The molecule has 4 rings (SSSR count). The average Bonchev–Trinajstić information content (AvgIpc) is 3.31. The third-order valence-corrected chi connectivity index (χ3v) is 15.3. The minimum Gasteiger partial charge on any atom is -0.462 e. The number of halogens is 2. The summed E-state index contributed by atoms with van der Waals surface area (Å²) in [6.07, 6.45) is 26.4. The Morgan fingerprint density at radius 3 is 2.38 bits per heavy atom. The molecule has 9 atom stereocenters. The van der Waals surface area contributed by atoms with Crippen molar-refractivity contribution in [3.8, 4) is 0 Å². The van der Waals surface area contributed by atoms with Gasteiger partial charge in [-0.1, -0.05) is 129 Å². The number of rotatable bonds is 16. The van der Waals surface area contributed by atoms with Crippen molar-refractivity contribution in [2.75, 3.05) is 5.33 Å². The second kappa shape index (κ2) is 16.1. The van der Waals surface area contributed by atoms with Gasteiger partial charge in [-0.05, 0) is 104 Å². The molecule has 242 valence electrons. The third kappa shape index (κ3) is 8.50. The molecule has 0 saturated heterocycles. The molecule has 4 heteroatoms. The van der Waals surface area contributed by atoms with Crippen LogP contribution >= 0.6 is 31.9 Å². The van der Waals surface area contributed by atoms with Crippen LogP contribution in [0.3, 0.4) is 0 Å². The summed E-state index contributed by atoms with van der Waals surface area (Å²) >= 11 is 7.22. The van der Waals surface area contributed by atoms with Crippen molar-refractivity contribution in [1.29, 1.82) is 0 Å². The number of ether oxygens (including phenoxy) is 1. The van der Waals surface area contributed by atoms with Gasteiger partial charge < -0.3 is 4.74 Å². The Kier molecular flexibility index (Phi) is 13.5. The third-order valence-electron chi connectivity index (χ3n) is 12.9. The molecule has 0 aliphatic heterocycles. The molecule has 3 saturated carbocycles. The summed E-state index contributed by atoms with van der Waals surface area (Å²) in [5.74, 6) is 5.30. The maximum Gasteiger partial charge on any atom is 0.306 e. The Labute approximate surface area is 277 Å². The molecule has 3 fully saturated rings. The minimum atomic E-state index is 0.0466. The predicted molar refractivity (Wildman–Crippen MR) is 186 cm³/mol. The summed E-state index contributed by atoms with van der Waals surface area (Å²) in [5.41, 5.74) is 2.52. The number of alkyl halides is 2. The highest BCUT2D eigenvalue weighted by atomic mass is 79.9. The zero-order valence-corrected chi connectivity index (χ0v) is 31.1. The smallest absolute Gasteiger partial charge is 0.306 e. The van der Waals surface area contributed by atoms with Crippen LogP contribution in [-0.4, -0.2) is 22.2 Å². The van der Waals surface area contributed by atoms with Crippen molar-refractivity contribution in [3.63, 3.8) is 0 Å². The maximum atomic E-state index is 12.7. The van der Waals surface area contributed by atoms with Gasteiger partial charge in [-0.3, -0.25) is 4.79 Å². The van der Waals surface area contributed by atoms with Gasteiger partial charge in [0.25, 0.3) is 0 Å². The molecule has 0 radical (unpaired) electrons. The van der Waals surface area contributed by atoms with Crippen molar-refractivity contribution in [2.45, 2.75) is 168 Å². The first-order chi connectivity index (χ1) is 20.1. The lowest BCUT2D eigenvalue weighted by Crippen LogP contribution is -2.51. The number of allylic oxidation sites excluding steroid dienone is 1. The molecule has 0 heterocycles. The Balaban J connectivity index is 1.22. The van der Waals surface area contributed by atoms with Crippen LogP contribution in [0.5, 0.6) is 0 Å². The van der Waals surface area contributed by atoms with Gasteiger partial charge in [-0.25, -0.2) is 0 Å². The molecule has 0 aromatic rings. The van der Waals surface area contributed by atoms with E-state index in [1.54, 1.807) is 5.57 Å². The minimum absolute atomic E-state index is 0.0466. The van der Waals surface area contributed by atoms with E-state index >= 15 is 0 Å². The van der Waals surface area contributed by atoms with Gasteiger partial charge in [0.15, 0.2) is 0 Å². The highest BCUT2D eigenvalue weighted by molar-refractivity contribution is 9.12. The first kappa shape index (κ1) is 35.0. The van der Waals surface area contributed by atoms with Crippen LogP contribution in [0.1, 0.15) is 157 Å². The number of esters is 1. The molecular formula is C38H64Br2O2. The Hall–Kier alpha value is 0.170. The zero-order chi connectivity index (χ0) is 30.3. The van der Waals surface area contributed by atoms with E-state index in [4.69, 9.17) is 4.74 Å². The van der Waals surface area contributed by atoms with E-state index in [0.29, 0.717) is 22.1 Å². The van der Waals surface area contributed by atoms with Crippen LogP contribution in [0.4, 0.5) is 0 Å². The summed E-state index contributed by atoms with van der Waals surface area (Å²) < 4.78 is 6.09. The summed E-state index contributed by atoms with van der Waals surface area (Å²) in [6.45, 7) is 12.6. The standard InChI is InChI=1S/C38H64Br2O2/c1-27(2)13-12-14-28(3)33-19-20-34-32-18-17-29-25-31(21-23-37(29,4)35(32)22-24-38(33,34)5)42-36(41)16-11-9-7-6-8-10-15-30(40)26-39/h17,27-28,30-35H,6-16,18-26H2,1-5H3/t28-,30?,31+,32+,33-,34+,35+,37+,38-/m1/s1. The van der Waals surface area contributed by atoms with E-state index in [-0.39, 0.29) is 12.1 Å². The number of hydrogen-bond acceptors (Lipinski definition) is 2. The van der Waals surface area contributed by atoms with Crippen LogP contribution in [0.25, 0.3) is 0 Å². The number of fused-ring (bicyclic) bond motifs is 5. The molecule has 0 spiro atoms. The SMILES string of the molecule is CC(C)CCC[C@@H](C)[C@H]1CC[C@H]2[C@@H]3CC=C4C[C@@H](OC(=O)CCCCCCCCC(Br)CBr)CC[C@]4(C)[C@H]3CC[C@]12C. The fraction of sp³-hybridized carbons (Fsp3) is 0.921. The largest absolute Gasteiger partial charge is 0.462 e. The van der Waals surface area contributed by atoms with Gasteiger partial charge in [0.05, 0.1) is 0 Å². The molecule has 0 bridgehead atoms. The van der Waals surface area contributed by atoms with Crippen molar-refractivity contribution in [3.05, 3.63) is 11.6 Å². The van der Waals surface area contributed by atoms with Gasteiger partial charge in [0.1, 0.15) is 6.10 Å². The molecule has 0 aromatic heterocycles. The van der Waals surface area contributed by atoms with E-state index in [0.717, 1.165) is 66.5 Å². The van der Waals surface area contributed by atoms with Crippen LogP contribution < -0.4 is 0 Å². The van der Waals surface area contributed by atoms with Crippen LogP contribution in [-0.2, 0) is 9.53 Å². The second-order valence-electron chi connectivity index (χ2n) is 16.1. The highest BCUT2D eigenvalue weighted by Gasteiger charge is 2.59. The second-order valence-corrected chi connectivity index (χ2v) is 18.0. The normalized spacial score (nSPS) is 35.6. The number of carbonyl (C=O) groups excluding carboxylic acids is 1. The summed E-state index contributed by atoms with van der Waals surface area (Å²) in [4.78, 5) is 13.3. The quantitative estimate of drug-likeness (QED) is 0.0689. The van der Waals surface area contributed by atoms with Crippen molar-refractivity contribution >= 4 is 37.8 Å². The van der Waals surface area contributed by atoms with E-state index < -0.39 is 0 Å². The molecule has 4 aliphatic carbocycles. The van der Waals surface area contributed by atoms with Crippen molar-refractivity contribution in [2.24, 2.45) is 46.3 Å². The van der Waals surface area contributed by atoms with Gasteiger partial charge in [0, 0.05) is 23.0 Å². The Bertz CT molecular complexity index is 884. The van der Waals surface area contributed by atoms with Crippen LogP contribution in [0.15, 0.2) is 11.6 Å². The van der Waals surface area contributed by atoms with E-state index in [9.17, 15) is 4.79 Å². The van der Waals surface area contributed by atoms with E-state index in [2.05, 4.69) is 72.6 Å². The monoisotopic (exact) mass is 710 g/mol. The lowest BCUT2D eigenvalue weighted by atomic mass is 9.47. The topological polar surface area (TPSA) is 26.3 Å². The molecule has 42 heavy (non-hydrogen) atoms. The van der Waals surface area contributed by atoms with Gasteiger partial charge in [-0.15, -0.1) is 0 Å². The average molecular weight is 713 g/mol. The van der Waals surface area contributed by atoms with Crippen molar-refractivity contribution < 1.29 is 9.53 Å². The number of hydrogen-bond donors (Lipinski definition) is 0. The molecule has 0 aromatic carbocycles. The molecule has 1 unspecified atom stereocenters. The molecule has 4 aliphatic rings. The summed E-state index contributed by atoms with van der Waals surface area (Å²) in [7, 11) is 0. The Morgan fingerprint density at radius 1 is 0.905 bits per heavy atom. The molecule has 0 amide bonds. The fourth-order valence-electron chi connectivity index (χ4n) is 10.4. The van der Waals surface area contributed by atoms with Crippen LogP contribution in [0.2, 0.25) is 0 Å². The maximum absolute atomic E-state index is 12.7. The molecular weight excluding hydrogens is 648 g/mol. The summed E-state index contributed by atoms with van der Waals surface area (Å²) in [6, 6.07) is 0. The first-order valence-corrected chi connectivity index (χ1v) is 20.2. The zero-order valence-electron chi connectivity index (χ0n) is 27.9. The highest BCUT2D eigenvalue weighted by Crippen LogP contribution is 2.67. The van der Waals surface area contributed by atoms with Crippen molar-refractivity contribution in [1.82, 2.24) is 0 Å². The van der Waals surface area contributed by atoms with E-state index in [1.165, 1.54) is 89.9 Å².